The first-order valence-electron chi connectivity index (χ1n) is 9.44. The fourth-order valence-electron chi connectivity index (χ4n) is 3.14. The summed E-state index contributed by atoms with van der Waals surface area (Å²) in [4.78, 5) is 13.0. The second kappa shape index (κ2) is 9.29. The van der Waals surface area contributed by atoms with E-state index < -0.39 is 6.04 Å². The molecular weight excluding hydrogens is 351 g/mol. The van der Waals surface area contributed by atoms with Crippen molar-refractivity contribution >= 4 is 11.6 Å². The van der Waals surface area contributed by atoms with Crippen LogP contribution in [0.1, 0.15) is 28.3 Å². The van der Waals surface area contributed by atoms with Gasteiger partial charge in [0.25, 0.3) is 0 Å². The lowest BCUT2D eigenvalue weighted by atomic mass is 10.0. The van der Waals surface area contributed by atoms with Crippen LogP contribution in [0.3, 0.4) is 0 Å². The van der Waals surface area contributed by atoms with Crippen LogP contribution < -0.4 is 10.6 Å². The van der Waals surface area contributed by atoms with Crippen LogP contribution in [0.2, 0.25) is 0 Å². The van der Waals surface area contributed by atoms with Gasteiger partial charge in [-0.05, 0) is 54.7 Å². The smallest absolute Gasteiger partial charge is 0.246 e. The molecule has 0 aliphatic rings. The molecule has 0 heterocycles. The van der Waals surface area contributed by atoms with Gasteiger partial charge in [0.15, 0.2) is 0 Å². The molecule has 3 aromatic rings. The predicted octanol–water partition coefficient (Wildman–Crippen LogP) is 4.95. The van der Waals surface area contributed by atoms with E-state index >= 15 is 0 Å². The molecule has 0 spiro atoms. The van der Waals surface area contributed by atoms with E-state index in [-0.39, 0.29) is 11.7 Å². The van der Waals surface area contributed by atoms with E-state index in [0.29, 0.717) is 18.5 Å². The average Bonchev–Trinajstić information content (AvgIpc) is 2.70. The molecule has 0 bridgehead atoms. The third kappa shape index (κ3) is 5.05. The third-order valence-electron chi connectivity index (χ3n) is 4.75. The lowest BCUT2D eigenvalue weighted by Gasteiger charge is -2.20. The topological polar surface area (TPSA) is 41.1 Å². The molecule has 0 saturated heterocycles. The molecule has 1 amide bonds. The summed E-state index contributed by atoms with van der Waals surface area (Å²) in [6.07, 6.45) is 0.507. The first-order chi connectivity index (χ1) is 13.5. The Bertz CT molecular complexity index is 940. The molecular formula is C24H25FN2O. The number of amides is 1. The van der Waals surface area contributed by atoms with Crippen LogP contribution in [-0.2, 0) is 11.2 Å². The number of hydrogen-bond acceptors (Lipinski definition) is 2. The van der Waals surface area contributed by atoms with Gasteiger partial charge in [0, 0.05) is 12.2 Å². The van der Waals surface area contributed by atoms with E-state index in [0.717, 1.165) is 22.4 Å². The number of hydrogen-bond donors (Lipinski definition) is 2. The normalized spacial score (nSPS) is 11.8. The largest absolute Gasteiger partial charge is 0.324 e. The zero-order valence-corrected chi connectivity index (χ0v) is 16.2. The highest BCUT2D eigenvalue weighted by molar-refractivity contribution is 5.96. The molecule has 0 unspecified atom stereocenters. The summed E-state index contributed by atoms with van der Waals surface area (Å²) in [5, 5.41) is 6.32. The summed E-state index contributed by atoms with van der Waals surface area (Å²) in [6, 6.07) is 21.8. The zero-order chi connectivity index (χ0) is 19.9. The molecule has 0 aromatic heterocycles. The van der Waals surface area contributed by atoms with Crippen molar-refractivity contribution in [1.29, 1.82) is 0 Å². The van der Waals surface area contributed by atoms with Crippen molar-refractivity contribution in [2.75, 3.05) is 11.9 Å². The molecule has 0 radical (unpaired) electrons. The van der Waals surface area contributed by atoms with Crippen LogP contribution in [0.15, 0.2) is 72.8 Å². The van der Waals surface area contributed by atoms with Crippen molar-refractivity contribution in [1.82, 2.24) is 5.32 Å². The second-order valence-corrected chi connectivity index (χ2v) is 6.95. The van der Waals surface area contributed by atoms with Gasteiger partial charge in [-0.1, -0.05) is 60.7 Å². The first kappa shape index (κ1) is 19.8. The molecule has 3 rings (SSSR count). The summed E-state index contributed by atoms with van der Waals surface area (Å²) in [5.74, 6) is -0.353. The summed E-state index contributed by atoms with van der Waals surface area (Å²) < 4.78 is 13.9. The number of carbonyl (C=O) groups excluding carboxylic acids is 1. The first-order valence-corrected chi connectivity index (χ1v) is 9.44. The zero-order valence-electron chi connectivity index (χ0n) is 16.2. The molecule has 1 atom stereocenters. The fraction of sp³-hybridized carbons (Fsp3) is 0.208. The van der Waals surface area contributed by atoms with E-state index in [1.54, 1.807) is 12.1 Å². The molecule has 0 saturated carbocycles. The summed E-state index contributed by atoms with van der Waals surface area (Å²) in [6.45, 7) is 4.45. The van der Waals surface area contributed by atoms with Gasteiger partial charge in [-0.3, -0.25) is 4.79 Å². The van der Waals surface area contributed by atoms with Crippen LogP contribution in [0.25, 0.3) is 0 Å². The van der Waals surface area contributed by atoms with Gasteiger partial charge in [-0.2, -0.15) is 0 Å². The Hall–Kier alpha value is -2.98. The lowest BCUT2D eigenvalue weighted by molar-refractivity contribution is -0.118. The number of aryl methyl sites for hydroxylation is 2. The van der Waals surface area contributed by atoms with Crippen LogP contribution in [0, 0.1) is 19.7 Å². The molecule has 2 N–H and O–H groups in total. The van der Waals surface area contributed by atoms with Gasteiger partial charge < -0.3 is 10.6 Å². The molecule has 3 nitrogen and oxygen atoms in total. The Balaban J connectivity index is 1.74. The Kier molecular flexibility index (Phi) is 6.56. The Labute approximate surface area is 165 Å². The molecule has 0 aliphatic carbocycles. The van der Waals surface area contributed by atoms with E-state index in [2.05, 4.69) is 10.6 Å². The fourth-order valence-corrected chi connectivity index (χ4v) is 3.14. The van der Waals surface area contributed by atoms with Crippen molar-refractivity contribution in [2.45, 2.75) is 26.3 Å². The Morgan fingerprint density at radius 3 is 2.43 bits per heavy atom. The van der Waals surface area contributed by atoms with E-state index in [1.165, 1.54) is 6.07 Å². The summed E-state index contributed by atoms with van der Waals surface area (Å²) in [5.41, 5.74) is 4.42. The highest BCUT2D eigenvalue weighted by atomic mass is 19.1. The molecule has 3 aromatic carbocycles. The van der Waals surface area contributed by atoms with Crippen LogP contribution in [0.5, 0.6) is 0 Å². The molecule has 0 fully saturated rings. The highest BCUT2D eigenvalue weighted by Crippen LogP contribution is 2.20. The standard InChI is InChI=1S/C24H25FN2O/c1-17-12-13-18(2)22(16-17)27-24(28)23(20-9-4-3-5-10-20)26-15-14-19-8-6-7-11-21(19)25/h3-13,16,23,26H,14-15H2,1-2H3,(H,27,28)/t23-/m1/s1. The third-order valence-corrected chi connectivity index (χ3v) is 4.75. The van der Waals surface area contributed by atoms with Gasteiger partial charge >= 0.3 is 0 Å². The minimum absolute atomic E-state index is 0.131. The molecule has 144 valence electrons. The SMILES string of the molecule is Cc1ccc(C)c(NC(=O)[C@H](NCCc2ccccc2F)c2ccccc2)c1. The average molecular weight is 376 g/mol. The van der Waals surface area contributed by atoms with Crippen LogP contribution in [0.4, 0.5) is 10.1 Å². The van der Waals surface area contributed by atoms with E-state index in [4.69, 9.17) is 0 Å². The highest BCUT2D eigenvalue weighted by Gasteiger charge is 2.20. The van der Waals surface area contributed by atoms with Crippen molar-refractivity contribution in [3.05, 3.63) is 101 Å². The molecule has 0 aliphatic heterocycles. The van der Waals surface area contributed by atoms with E-state index in [9.17, 15) is 9.18 Å². The van der Waals surface area contributed by atoms with Gasteiger partial charge in [0.2, 0.25) is 5.91 Å². The van der Waals surface area contributed by atoms with E-state index in [1.807, 2.05) is 68.4 Å². The van der Waals surface area contributed by atoms with Crippen molar-refractivity contribution < 1.29 is 9.18 Å². The minimum Gasteiger partial charge on any atom is -0.324 e. The number of nitrogens with one attached hydrogen (secondary N) is 2. The maximum atomic E-state index is 13.9. The predicted molar refractivity (Wildman–Crippen MR) is 112 cm³/mol. The summed E-state index contributed by atoms with van der Waals surface area (Å²) >= 11 is 0. The number of halogens is 1. The van der Waals surface area contributed by atoms with Crippen molar-refractivity contribution in [3.8, 4) is 0 Å². The van der Waals surface area contributed by atoms with Crippen molar-refractivity contribution in [3.63, 3.8) is 0 Å². The number of benzene rings is 3. The molecule has 28 heavy (non-hydrogen) atoms. The maximum absolute atomic E-state index is 13.9. The van der Waals surface area contributed by atoms with Crippen molar-refractivity contribution in [2.24, 2.45) is 0 Å². The quantitative estimate of drug-likeness (QED) is 0.612. The maximum Gasteiger partial charge on any atom is 0.246 e. The Morgan fingerprint density at radius 1 is 0.964 bits per heavy atom. The number of carbonyl (C=O) groups is 1. The van der Waals surface area contributed by atoms with Crippen LogP contribution in [-0.4, -0.2) is 12.5 Å². The lowest BCUT2D eigenvalue weighted by Crippen LogP contribution is -2.34. The number of anilines is 1. The van der Waals surface area contributed by atoms with Crippen LogP contribution >= 0.6 is 0 Å². The Morgan fingerprint density at radius 2 is 1.68 bits per heavy atom. The van der Waals surface area contributed by atoms with Gasteiger partial charge in [0.1, 0.15) is 11.9 Å². The monoisotopic (exact) mass is 376 g/mol. The second-order valence-electron chi connectivity index (χ2n) is 6.95. The van der Waals surface area contributed by atoms with Gasteiger partial charge in [-0.25, -0.2) is 4.39 Å². The summed E-state index contributed by atoms with van der Waals surface area (Å²) in [7, 11) is 0. The van der Waals surface area contributed by atoms with Gasteiger partial charge in [-0.15, -0.1) is 0 Å². The van der Waals surface area contributed by atoms with Gasteiger partial charge in [0.05, 0.1) is 0 Å². The minimum atomic E-state index is -0.520. The number of rotatable bonds is 7. The molecule has 4 heteroatoms.